The zero-order valence-electron chi connectivity index (χ0n) is 10.8. The van der Waals surface area contributed by atoms with Crippen LogP contribution < -0.4 is 10.1 Å². The van der Waals surface area contributed by atoms with E-state index in [0.717, 1.165) is 36.3 Å². The molecule has 0 radical (unpaired) electrons. The van der Waals surface area contributed by atoms with E-state index in [1.807, 2.05) is 19.1 Å². The van der Waals surface area contributed by atoms with Gasteiger partial charge in [0.15, 0.2) is 0 Å². The Labute approximate surface area is 113 Å². The predicted octanol–water partition coefficient (Wildman–Crippen LogP) is 3.78. The number of unbranched alkanes of at least 4 members (excludes halogenated alkanes) is 1. The molecule has 0 aliphatic rings. The van der Waals surface area contributed by atoms with Gasteiger partial charge in [0.25, 0.3) is 0 Å². The van der Waals surface area contributed by atoms with Crippen molar-refractivity contribution in [3.63, 3.8) is 0 Å². The smallest absolute Gasteiger partial charge is 0.122 e. The highest BCUT2D eigenvalue weighted by Crippen LogP contribution is 2.24. The lowest BCUT2D eigenvalue weighted by Crippen LogP contribution is -2.14. The zero-order valence-corrected chi connectivity index (χ0v) is 12.3. The Bertz CT molecular complexity index is 328. The average Bonchev–Trinajstić information content (AvgIpc) is 2.32. The van der Waals surface area contributed by atoms with E-state index in [9.17, 15) is 0 Å². The Kier molecular flexibility index (Phi) is 7.29. The minimum Gasteiger partial charge on any atom is -0.494 e. The van der Waals surface area contributed by atoms with E-state index in [2.05, 4.69) is 34.2 Å². The lowest BCUT2D eigenvalue weighted by molar-refractivity contribution is 0.336. The molecule has 17 heavy (non-hydrogen) atoms. The van der Waals surface area contributed by atoms with Crippen LogP contribution in [0, 0.1) is 0 Å². The van der Waals surface area contributed by atoms with Crippen molar-refractivity contribution in [2.24, 2.45) is 0 Å². The van der Waals surface area contributed by atoms with Crippen LogP contribution in [0.5, 0.6) is 5.75 Å². The number of ether oxygens (including phenoxy) is 1. The van der Waals surface area contributed by atoms with Crippen LogP contribution in [0.1, 0.15) is 32.3 Å². The van der Waals surface area contributed by atoms with Crippen LogP contribution in [-0.4, -0.2) is 19.7 Å². The van der Waals surface area contributed by atoms with Crippen molar-refractivity contribution in [2.45, 2.75) is 33.1 Å². The van der Waals surface area contributed by atoms with Gasteiger partial charge in [0, 0.05) is 4.47 Å². The largest absolute Gasteiger partial charge is 0.494 e. The van der Waals surface area contributed by atoms with Gasteiger partial charge in [0.05, 0.1) is 6.61 Å². The van der Waals surface area contributed by atoms with E-state index in [1.165, 1.54) is 18.4 Å². The molecule has 0 saturated carbocycles. The fraction of sp³-hybridized carbons (Fsp3) is 0.571. The highest BCUT2D eigenvalue weighted by atomic mass is 79.9. The molecule has 0 heterocycles. The maximum atomic E-state index is 5.63. The number of hydrogen-bond donors (Lipinski definition) is 1. The van der Waals surface area contributed by atoms with Crippen molar-refractivity contribution in [2.75, 3.05) is 19.7 Å². The van der Waals surface area contributed by atoms with Crippen molar-refractivity contribution < 1.29 is 4.74 Å². The Morgan fingerprint density at radius 3 is 2.76 bits per heavy atom. The molecule has 3 heteroatoms. The minimum absolute atomic E-state index is 0.728. The molecule has 1 aromatic carbocycles. The molecule has 0 aliphatic carbocycles. The lowest BCUT2D eigenvalue weighted by atomic mass is 10.1. The molecule has 0 atom stereocenters. The van der Waals surface area contributed by atoms with Gasteiger partial charge in [-0.2, -0.15) is 0 Å². The van der Waals surface area contributed by atoms with Gasteiger partial charge in [-0.1, -0.05) is 22.9 Å². The van der Waals surface area contributed by atoms with Gasteiger partial charge in [-0.05, 0) is 63.0 Å². The number of benzene rings is 1. The standard InChI is InChI=1S/C14H22BrNO/c1-3-16-10-6-5-7-12-11-13(15)8-9-14(12)17-4-2/h8-9,11,16H,3-7,10H2,1-2H3. The summed E-state index contributed by atoms with van der Waals surface area (Å²) in [6.07, 6.45) is 3.50. The fourth-order valence-electron chi connectivity index (χ4n) is 1.78. The predicted molar refractivity (Wildman–Crippen MR) is 76.8 cm³/mol. The van der Waals surface area contributed by atoms with Gasteiger partial charge < -0.3 is 10.1 Å². The van der Waals surface area contributed by atoms with Gasteiger partial charge in [-0.3, -0.25) is 0 Å². The van der Waals surface area contributed by atoms with Crippen LogP contribution in [-0.2, 0) is 6.42 Å². The van der Waals surface area contributed by atoms with Crippen molar-refractivity contribution >= 4 is 15.9 Å². The molecule has 1 aromatic rings. The number of aryl methyl sites for hydroxylation is 1. The van der Waals surface area contributed by atoms with Crippen molar-refractivity contribution in [3.05, 3.63) is 28.2 Å². The third-order valence-electron chi connectivity index (χ3n) is 2.62. The summed E-state index contributed by atoms with van der Waals surface area (Å²) in [7, 11) is 0. The Hall–Kier alpha value is -0.540. The summed E-state index contributed by atoms with van der Waals surface area (Å²) in [5, 5.41) is 3.35. The van der Waals surface area contributed by atoms with E-state index < -0.39 is 0 Å². The summed E-state index contributed by atoms with van der Waals surface area (Å²) in [6, 6.07) is 6.25. The average molecular weight is 300 g/mol. The fourth-order valence-corrected chi connectivity index (χ4v) is 2.19. The normalized spacial score (nSPS) is 10.5. The molecule has 0 saturated heterocycles. The summed E-state index contributed by atoms with van der Waals surface area (Å²) in [5.74, 6) is 1.03. The lowest BCUT2D eigenvalue weighted by Gasteiger charge is -2.10. The summed E-state index contributed by atoms with van der Waals surface area (Å²) in [4.78, 5) is 0. The Balaban J connectivity index is 2.47. The molecular weight excluding hydrogens is 278 g/mol. The first kappa shape index (κ1) is 14.5. The molecular formula is C14H22BrNO. The van der Waals surface area contributed by atoms with Crippen LogP contribution in [0.25, 0.3) is 0 Å². The topological polar surface area (TPSA) is 21.3 Å². The summed E-state index contributed by atoms with van der Waals surface area (Å²) >= 11 is 3.51. The van der Waals surface area contributed by atoms with Crippen LogP contribution in [0.2, 0.25) is 0 Å². The Morgan fingerprint density at radius 1 is 1.24 bits per heavy atom. The number of hydrogen-bond acceptors (Lipinski definition) is 2. The molecule has 1 rings (SSSR count). The molecule has 0 unspecified atom stereocenters. The molecule has 0 spiro atoms. The molecule has 0 fully saturated rings. The maximum Gasteiger partial charge on any atom is 0.122 e. The number of rotatable bonds is 8. The highest BCUT2D eigenvalue weighted by Gasteiger charge is 2.04. The second-order valence-corrected chi connectivity index (χ2v) is 4.91. The van der Waals surface area contributed by atoms with Crippen LogP contribution >= 0.6 is 15.9 Å². The Morgan fingerprint density at radius 2 is 2.06 bits per heavy atom. The van der Waals surface area contributed by atoms with E-state index >= 15 is 0 Å². The zero-order chi connectivity index (χ0) is 12.5. The monoisotopic (exact) mass is 299 g/mol. The molecule has 0 amide bonds. The summed E-state index contributed by atoms with van der Waals surface area (Å²) < 4.78 is 6.76. The van der Waals surface area contributed by atoms with Crippen LogP contribution in [0.4, 0.5) is 0 Å². The van der Waals surface area contributed by atoms with Gasteiger partial charge in [0.1, 0.15) is 5.75 Å². The maximum absolute atomic E-state index is 5.63. The molecule has 0 bridgehead atoms. The van der Waals surface area contributed by atoms with Gasteiger partial charge >= 0.3 is 0 Å². The van der Waals surface area contributed by atoms with Crippen molar-refractivity contribution in [1.82, 2.24) is 5.32 Å². The minimum atomic E-state index is 0.728. The van der Waals surface area contributed by atoms with Gasteiger partial charge in [0.2, 0.25) is 0 Å². The second-order valence-electron chi connectivity index (χ2n) is 4.00. The molecule has 0 aliphatic heterocycles. The molecule has 0 aromatic heterocycles. The third-order valence-corrected chi connectivity index (χ3v) is 3.12. The van der Waals surface area contributed by atoms with E-state index in [1.54, 1.807) is 0 Å². The highest BCUT2D eigenvalue weighted by molar-refractivity contribution is 9.10. The first-order valence-electron chi connectivity index (χ1n) is 6.39. The van der Waals surface area contributed by atoms with Crippen molar-refractivity contribution in [3.8, 4) is 5.75 Å². The second kappa shape index (κ2) is 8.54. The summed E-state index contributed by atoms with van der Waals surface area (Å²) in [5.41, 5.74) is 1.30. The number of nitrogens with one attached hydrogen (secondary N) is 1. The van der Waals surface area contributed by atoms with Crippen LogP contribution in [0.3, 0.4) is 0 Å². The van der Waals surface area contributed by atoms with E-state index in [4.69, 9.17) is 4.74 Å². The third kappa shape index (κ3) is 5.55. The molecule has 1 N–H and O–H groups in total. The van der Waals surface area contributed by atoms with E-state index in [-0.39, 0.29) is 0 Å². The first-order valence-corrected chi connectivity index (χ1v) is 7.19. The summed E-state index contributed by atoms with van der Waals surface area (Å²) in [6.45, 7) is 7.06. The van der Waals surface area contributed by atoms with Crippen molar-refractivity contribution in [1.29, 1.82) is 0 Å². The van der Waals surface area contributed by atoms with Gasteiger partial charge in [-0.25, -0.2) is 0 Å². The van der Waals surface area contributed by atoms with Gasteiger partial charge in [-0.15, -0.1) is 0 Å². The van der Waals surface area contributed by atoms with Crippen LogP contribution in [0.15, 0.2) is 22.7 Å². The number of halogens is 1. The quantitative estimate of drug-likeness (QED) is 0.738. The van der Waals surface area contributed by atoms with E-state index in [0.29, 0.717) is 0 Å². The molecule has 96 valence electrons. The SMILES string of the molecule is CCNCCCCc1cc(Br)ccc1OCC. The first-order chi connectivity index (χ1) is 8.27. The molecule has 2 nitrogen and oxygen atoms in total.